The number of para-hydroxylation sites is 1. The van der Waals surface area contributed by atoms with E-state index in [1.807, 2.05) is 24.3 Å². The topological polar surface area (TPSA) is 270 Å². The first-order chi connectivity index (χ1) is 19.9. The second-order valence-corrected chi connectivity index (χ2v) is 9.50. The number of carbonyl (C=O) groups is 6. The van der Waals surface area contributed by atoms with Crippen LogP contribution in [0, 0.1) is 0 Å². The third kappa shape index (κ3) is 8.88. The minimum absolute atomic E-state index is 0.105. The fourth-order valence-corrected chi connectivity index (χ4v) is 4.19. The number of carbonyl (C=O) groups excluding carboxylic acids is 3. The summed E-state index contributed by atoms with van der Waals surface area (Å²) in [7, 11) is 0. The Balaban J connectivity index is 1.75. The molecule has 0 saturated carbocycles. The zero-order valence-corrected chi connectivity index (χ0v) is 22.2. The van der Waals surface area contributed by atoms with Crippen LogP contribution >= 0.6 is 0 Å². The highest BCUT2D eigenvalue weighted by molar-refractivity contribution is 5.95. The van der Waals surface area contributed by atoms with Crippen molar-refractivity contribution in [2.75, 3.05) is 0 Å². The zero-order valence-electron chi connectivity index (χ0n) is 22.2. The van der Waals surface area contributed by atoms with Crippen molar-refractivity contribution < 1.29 is 44.1 Å². The van der Waals surface area contributed by atoms with Crippen molar-refractivity contribution in [1.29, 1.82) is 0 Å². The number of amides is 3. The number of aromatic nitrogens is 3. The van der Waals surface area contributed by atoms with E-state index < -0.39 is 72.6 Å². The average Bonchev–Trinajstić information content (AvgIpc) is 3.59. The van der Waals surface area contributed by atoms with Gasteiger partial charge >= 0.3 is 17.9 Å². The molecule has 3 amide bonds. The Morgan fingerprint density at radius 1 is 0.833 bits per heavy atom. The van der Waals surface area contributed by atoms with Crippen LogP contribution in [-0.2, 0) is 41.6 Å². The Labute approximate surface area is 238 Å². The molecule has 3 aromatic rings. The first kappa shape index (κ1) is 31.3. The van der Waals surface area contributed by atoms with Crippen LogP contribution in [0.5, 0.6) is 0 Å². The molecule has 42 heavy (non-hydrogen) atoms. The molecule has 1 aromatic carbocycles. The number of rotatable bonds is 16. The predicted octanol–water partition coefficient (Wildman–Crippen LogP) is -1.12. The number of carboxylic acids is 3. The highest BCUT2D eigenvalue weighted by Crippen LogP contribution is 2.19. The lowest BCUT2D eigenvalue weighted by atomic mass is 10.0. The Hall–Kier alpha value is -5.25. The lowest BCUT2D eigenvalue weighted by molar-refractivity contribution is -0.147. The maximum absolute atomic E-state index is 13.3. The van der Waals surface area contributed by atoms with Crippen molar-refractivity contribution >= 4 is 46.5 Å². The fraction of sp³-hybridized carbons (Fsp3) is 0.346. The molecule has 2 aromatic heterocycles. The summed E-state index contributed by atoms with van der Waals surface area (Å²) in [6.07, 6.45) is 2.49. The van der Waals surface area contributed by atoms with E-state index in [4.69, 9.17) is 10.8 Å². The first-order valence-corrected chi connectivity index (χ1v) is 12.8. The number of hydrogen-bond donors (Lipinski definition) is 9. The SMILES string of the molecule is N[C@@H](Cc1c[nH]c2ccccc12)C(=O)N[C@@H](CCC(=O)O)C(=O)N[C@@H](Cc1cnc[nH]1)C(=O)N[C@@H](CC(=O)O)C(=O)O. The summed E-state index contributed by atoms with van der Waals surface area (Å²) in [6, 6.07) is 1.61. The molecule has 16 nitrogen and oxygen atoms in total. The van der Waals surface area contributed by atoms with E-state index in [-0.39, 0.29) is 19.3 Å². The van der Waals surface area contributed by atoms with Crippen LogP contribution in [0.25, 0.3) is 10.9 Å². The molecule has 4 atom stereocenters. The van der Waals surface area contributed by atoms with Gasteiger partial charge < -0.3 is 47.0 Å². The maximum Gasteiger partial charge on any atom is 0.326 e. The molecule has 0 aliphatic rings. The van der Waals surface area contributed by atoms with Gasteiger partial charge in [0, 0.05) is 41.8 Å². The smallest absolute Gasteiger partial charge is 0.326 e. The van der Waals surface area contributed by atoms with E-state index in [1.54, 1.807) is 6.20 Å². The van der Waals surface area contributed by atoms with Crippen LogP contribution in [0.15, 0.2) is 43.0 Å². The second-order valence-electron chi connectivity index (χ2n) is 9.50. The molecule has 16 heteroatoms. The molecule has 0 spiro atoms. The van der Waals surface area contributed by atoms with E-state index >= 15 is 0 Å². The standard InChI is InChI=1S/C26H31N7O9/c27-16(7-13-10-29-17-4-2-1-3-15(13)17)23(38)31-18(5-6-21(34)35)24(39)32-19(8-14-11-28-12-30-14)25(40)33-20(26(41)42)9-22(36)37/h1-4,10-12,16,18-20,29H,5-9,27H2,(H,28,30)(H,31,38)(H,32,39)(H,33,40)(H,34,35)(H,36,37)(H,41,42)/t16-,18-,19-,20-/m0/s1. The number of aromatic amines is 2. The Morgan fingerprint density at radius 3 is 2.14 bits per heavy atom. The minimum Gasteiger partial charge on any atom is -0.481 e. The number of H-pyrrole nitrogens is 2. The third-order valence-corrected chi connectivity index (χ3v) is 6.34. The number of hydrogen-bond acceptors (Lipinski definition) is 8. The van der Waals surface area contributed by atoms with Gasteiger partial charge in [0.1, 0.15) is 18.1 Å². The molecule has 0 aliphatic heterocycles. The summed E-state index contributed by atoms with van der Waals surface area (Å²) in [5.74, 6) is -7.02. The number of carboxylic acid groups (broad SMARTS) is 3. The number of fused-ring (bicyclic) bond motifs is 1. The number of aliphatic carboxylic acids is 3. The number of imidazole rings is 1. The van der Waals surface area contributed by atoms with Gasteiger partial charge in [-0.05, 0) is 24.5 Å². The predicted molar refractivity (Wildman–Crippen MR) is 145 cm³/mol. The van der Waals surface area contributed by atoms with Crippen molar-refractivity contribution in [2.24, 2.45) is 5.73 Å². The summed E-state index contributed by atoms with van der Waals surface area (Å²) in [6.45, 7) is 0. The van der Waals surface area contributed by atoms with E-state index in [9.17, 15) is 39.0 Å². The quantitative estimate of drug-likeness (QED) is 0.0971. The second kappa shape index (κ2) is 14.4. The molecule has 10 N–H and O–H groups in total. The summed E-state index contributed by atoms with van der Waals surface area (Å²) in [5.41, 5.74) is 8.08. The van der Waals surface area contributed by atoms with Gasteiger partial charge in [-0.15, -0.1) is 0 Å². The lowest BCUT2D eigenvalue weighted by Crippen LogP contribution is -2.58. The van der Waals surface area contributed by atoms with Crippen molar-refractivity contribution in [3.05, 3.63) is 54.2 Å². The normalized spacial score (nSPS) is 13.8. The molecular formula is C26H31N7O9. The maximum atomic E-state index is 13.3. The highest BCUT2D eigenvalue weighted by Gasteiger charge is 2.32. The van der Waals surface area contributed by atoms with E-state index in [0.717, 1.165) is 16.5 Å². The molecule has 0 fully saturated rings. The van der Waals surface area contributed by atoms with Gasteiger partial charge in [-0.3, -0.25) is 24.0 Å². The van der Waals surface area contributed by atoms with Crippen LogP contribution in [0.4, 0.5) is 0 Å². The van der Waals surface area contributed by atoms with Gasteiger partial charge in [0.05, 0.1) is 18.8 Å². The molecule has 3 rings (SSSR count). The van der Waals surface area contributed by atoms with Gasteiger partial charge in [0.15, 0.2) is 0 Å². The summed E-state index contributed by atoms with van der Waals surface area (Å²) >= 11 is 0. The van der Waals surface area contributed by atoms with Gasteiger partial charge in [0.2, 0.25) is 17.7 Å². The monoisotopic (exact) mass is 585 g/mol. The lowest BCUT2D eigenvalue weighted by Gasteiger charge is -2.24. The van der Waals surface area contributed by atoms with Crippen molar-refractivity contribution in [3.63, 3.8) is 0 Å². The largest absolute Gasteiger partial charge is 0.481 e. The van der Waals surface area contributed by atoms with Crippen LogP contribution in [0.2, 0.25) is 0 Å². The molecule has 0 bridgehead atoms. The Kier molecular flexibility index (Phi) is 10.7. The van der Waals surface area contributed by atoms with Crippen LogP contribution in [0.3, 0.4) is 0 Å². The van der Waals surface area contributed by atoms with Crippen LogP contribution < -0.4 is 21.7 Å². The number of nitrogens with two attached hydrogens (primary N) is 1. The molecule has 0 unspecified atom stereocenters. The zero-order chi connectivity index (χ0) is 30.8. The van der Waals surface area contributed by atoms with Crippen molar-refractivity contribution in [2.45, 2.75) is 56.3 Å². The Morgan fingerprint density at radius 2 is 1.50 bits per heavy atom. The molecule has 0 aliphatic carbocycles. The minimum atomic E-state index is -1.79. The first-order valence-electron chi connectivity index (χ1n) is 12.8. The molecule has 0 radical (unpaired) electrons. The van der Waals surface area contributed by atoms with Gasteiger partial charge in [0.25, 0.3) is 0 Å². The molecule has 2 heterocycles. The third-order valence-electron chi connectivity index (χ3n) is 6.34. The van der Waals surface area contributed by atoms with Gasteiger partial charge in [-0.25, -0.2) is 9.78 Å². The molecular weight excluding hydrogens is 554 g/mol. The van der Waals surface area contributed by atoms with Crippen LogP contribution in [-0.4, -0.2) is 90.1 Å². The number of nitrogens with zero attached hydrogens (tertiary/aromatic N) is 1. The summed E-state index contributed by atoms with van der Waals surface area (Å²) < 4.78 is 0. The van der Waals surface area contributed by atoms with Gasteiger partial charge in [-0.1, -0.05) is 18.2 Å². The van der Waals surface area contributed by atoms with Crippen LogP contribution in [0.1, 0.15) is 30.5 Å². The average molecular weight is 586 g/mol. The highest BCUT2D eigenvalue weighted by atomic mass is 16.4. The molecule has 0 saturated heterocycles. The number of benzene rings is 1. The van der Waals surface area contributed by atoms with E-state index in [2.05, 4.69) is 30.9 Å². The number of nitrogens with one attached hydrogen (secondary N) is 5. The summed E-state index contributed by atoms with van der Waals surface area (Å²) in [5, 5.41) is 35.2. The van der Waals surface area contributed by atoms with E-state index in [0.29, 0.717) is 5.69 Å². The van der Waals surface area contributed by atoms with Crippen molar-refractivity contribution in [1.82, 2.24) is 30.9 Å². The van der Waals surface area contributed by atoms with Crippen molar-refractivity contribution in [3.8, 4) is 0 Å². The fourth-order valence-electron chi connectivity index (χ4n) is 4.19. The Bertz CT molecular complexity index is 1440. The molecule has 224 valence electrons. The van der Waals surface area contributed by atoms with E-state index in [1.165, 1.54) is 12.5 Å². The summed E-state index contributed by atoms with van der Waals surface area (Å²) in [4.78, 5) is 82.6. The van der Waals surface area contributed by atoms with Gasteiger partial charge in [-0.2, -0.15) is 0 Å².